The van der Waals surface area contributed by atoms with Crippen LogP contribution in [0.3, 0.4) is 0 Å². The smallest absolute Gasteiger partial charge is 0.222 e. The highest BCUT2D eigenvalue weighted by Gasteiger charge is 2.16. The van der Waals surface area contributed by atoms with Gasteiger partial charge < -0.3 is 10.6 Å². The molecule has 1 aromatic carbocycles. The summed E-state index contributed by atoms with van der Waals surface area (Å²) in [5.74, 6) is 0.226. The fraction of sp³-hybridized carbons (Fsp3) is 0.562. The first-order chi connectivity index (χ1) is 9.16. The maximum Gasteiger partial charge on any atom is 0.222 e. The van der Waals surface area contributed by atoms with Crippen molar-refractivity contribution in [2.24, 2.45) is 5.73 Å². The van der Waals surface area contributed by atoms with Crippen LogP contribution in [0, 0.1) is 0 Å². The van der Waals surface area contributed by atoms with Crippen molar-refractivity contribution in [2.75, 3.05) is 13.6 Å². The third-order valence-electron chi connectivity index (χ3n) is 3.60. The summed E-state index contributed by atoms with van der Waals surface area (Å²) in [5.41, 5.74) is 6.63. The molecule has 0 heterocycles. The number of halogens is 1. The van der Waals surface area contributed by atoms with Gasteiger partial charge in [-0.05, 0) is 31.9 Å². The molecule has 114 valence electrons. The summed E-state index contributed by atoms with van der Waals surface area (Å²) < 4.78 is 0. The molecule has 0 radical (unpaired) electrons. The quantitative estimate of drug-likeness (QED) is 0.746. The maximum atomic E-state index is 12.1. The van der Waals surface area contributed by atoms with Crippen LogP contribution >= 0.6 is 12.4 Å². The molecule has 0 fully saturated rings. The van der Waals surface area contributed by atoms with Crippen LogP contribution in [0.2, 0.25) is 0 Å². The van der Waals surface area contributed by atoms with Gasteiger partial charge in [0.15, 0.2) is 0 Å². The number of amides is 1. The van der Waals surface area contributed by atoms with Gasteiger partial charge in [-0.25, -0.2) is 0 Å². The Kier molecular flexibility index (Phi) is 10.1. The van der Waals surface area contributed by atoms with E-state index in [1.165, 1.54) is 5.56 Å². The summed E-state index contributed by atoms with van der Waals surface area (Å²) in [6.07, 6.45) is 4.88. The molecular formula is C16H27ClN2O. The van der Waals surface area contributed by atoms with Crippen molar-refractivity contribution in [3.05, 3.63) is 35.9 Å². The van der Waals surface area contributed by atoms with Crippen molar-refractivity contribution in [2.45, 2.75) is 45.1 Å². The normalized spacial score (nSPS) is 11.6. The Balaban J connectivity index is 0.00000361. The molecule has 0 aliphatic carbocycles. The standard InChI is InChI=1S/C16H26N2O.ClH/c1-14(15-10-6-5-7-11-15)18(2)16(19)12-8-3-4-9-13-17;/h5-7,10-11,14H,3-4,8-9,12-13,17H2,1-2H3;1H. The van der Waals surface area contributed by atoms with E-state index in [4.69, 9.17) is 5.73 Å². The maximum absolute atomic E-state index is 12.1. The van der Waals surface area contributed by atoms with Crippen LogP contribution < -0.4 is 5.73 Å². The lowest BCUT2D eigenvalue weighted by Gasteiger charge is -2.25. The number of hydrogen-bond acceptors (Lipinski definition) is 2. The largest absolute Gasteiger partial charge is 0.339 e. The lowest BCUT2D eigenvalue weighted by atomic mass is 10.1. The number of nitrogens with zero attached hydrogens (tertiary/aromatic N) is 1. The van der Waals surface area contributed by atoms with Gasteiger partial charge in [-0.15, -0.1) is 12.4 Å². The van der Waals surface area contributed by atoms with Gasteiger partial charge in [0, 0.05) is 13.5 Å². The highest BCUT2D eigenvalue weighted by atomic mass is 35.5. The number of benzene rings is 1. The third kappa shape index (κ3) is 6.40. The van der Waals surface area contributed by atoms with Crippen LogP contribution in [0.25, 0.3) is 0 Å². The van der Waals surface area contributed by atoms with E-state index in [2.05, 4.69) is 19.1 Å². The van der Waals surface area contributed by atoms with Crippen molar-refractivity contribution in [1.82, 2.24) is 4.90 Å². The minimum Gasteiger partial charge on any atom is -0.339 e. The van der Waals surface area contributed by atoms with Gasteiger partial charge in [0.05, 0.1) is 6.04 Å². The Morgan fingerprint density at radius 1 is 1.15 bits per heavy atom. The number of carbonyl (C=O) groups excluding carboxylic acids is 1. The summed E-state index contributed by atoms with van der Waals surface area (Å²) in [7, 11) is 1.89. The summed E-state index contributed by atoms with van der Waals surface area (Å²) in [5, 5.41) is 0. The Morgan fingerprint density at radius 2 is 1.75 bits per heavy atom. The van der Waals surface area contributed by atoms with Crippen LogP contribution in [-0.4, -0.2) is 24.4 Å². The Morgan fingerprint density at radius 3 is 2.35 bits per heavy atom. The lowest BCUT2D eigenvalue weighted by molar-refractivity contribution is -0.131. The van der Waals surface area contributed by atoms with Gasteiger partial charge >= 0.3 is 0 Å². The van der Waals surface area contributed by atoms with E-state index < -0.39 is 0 Å². The molecule has 0 saturated heterocycles. The second-order valence-electron chi connectivity index (χ2n) is 5.04. The molecule has 3 nitrogen and oxygen atoms in total. The van der Waals surface area contributed by atoms with E-state index in [0.29, 0.717) is 6.42 Å². The van der Waals surface area contributed by atoms with Gasteiger partial charge in [-0.1, -0.05) is 43.2 Å². The van der Waals surface area contributed by atoms with E-state index in [-0.39, 0.29) is 24.4 Å². The first-order valence-corrected chi connectivity index (χ1v) is 7.17. The van der Waals surface area contributed by atoms with Crippen molar-refractivity contribution >= 4 is 18.3 Å². The second-order valence-corrected chi connectivity index (χ2v) is 5.04. The Hall–Kier alpha value is -1.06. The number of rotatable bonds is 8. The van der Waals surface area contributed by atoms with Crippen molar-refractivity contribution < 1.29 is 4.79 Å². The van der Waals surface area contributed by atoms with Gasteiger partial charge in [0.1, 0.15) is 0 Å². The molecule has 0 spiro atoms. The number of carbonyl (C=O) groups is 1. The Bertz CT molecular complexity index is 370. The van der Waals surface area contributed by atoms with Gasteiger partial charge in [-0.3, -0.25) is 4.79 Å². The lowest BCUT2D eigenvalue weighted by Crippen LogP contribution is -2.29. The summed E-state index contributed by atoms with van der Waals surface area (Å²) in [6.45, 7) is 2.82. The van der Waals surface area contributed by atoms with Gasteiger partial charge in [-0.2, -0.15) is 0 Å². The first-order valence-electron chi connectivity index (χ1n) is 7.17. The molecule has 2 N–H and O–H groups in total. The average Bonchev–Trinajstić information content (AvgIpc) is 2.46. The van der Waals surface area contributed by atoms with Crippen molar-refractivity contribution in [3.8, 4) is 0 Å². The third-order valence-corrected chi connectivity index (χ3v) is 3.60. The molecular weight excluding hydrogens is 272 g/mol. The summed E-state index contributed by atoms with van der Waals surface area (Å²) >= 11 is 0. The van der Waals surface area contributed by atoms with E-state index in [9.17, 15) is 4.79 Å². The fourth-order valence-corrected chi connectivity index (χ4v) is 2.12. The molecule has 20 heavy (non-hydrogen) atoms. The molecule has 0 bridgehead atoms. The molecule has 1 atom stereocenters. The van der Waals surface area contributed by atoms with E-state index >= 15 is 0 Å². The highest BCUT2D eigenvalue weighted by Crippen LogP contribution is 2.19. The van der Waals surface area contributed by atoms with Crippen LogP contribution in [0.1, 0.15) is 50.6 Å². The molecule has 1 rings (SSSR count). The van der Waals surface area contributed by atoms with Gasteiger partial charge in [0.25, 0.3) is 0 Å². The zero-order valence-corrected chi connectivity index (χ0v) is 13.4. The van der Waals surface area contributed by atoms with Crippen LogP contribution in [0.15, 0.2) is 30.3 Å². The number of nitrogens with two attached hydrogens (primary N) is 1. The van der Waals surface area contributed by atoms with Crippen molar-refractivity contribution in [3.63, 3.8) is 0 Å². The topological polar surface area (TPSA) is 46.3 Å². The number of unbranched alkanes of at least 4 members (excludes halogenated alkanes) is 3. The Labute approximate surface area is 128 Å². The molecule has 0 aliphatic heterocycles. The molecule has 0 aliphatic rings. The first kappa shape index (κ1) is 18.9. The zero-order valence-electron chi connectivity index (χ0n) is 12.5. The van der Waals surface area contributed by atoms with Gasteiger partial charge in [0.2, 0.25) is 5.91 Å². The molecule has 1 amide bonds. The molecule has 1 unspecified atom stereocenters. The van der Waals surface area contributed by atoms with Crippen LogP contribution in [0.4, 0.5) is 0 Å². The predicted molar refractivity (Wildman–Crippen MR) is 87.0 cm³/mol. The minimum atomic E-state index is 0. The molecule has 0 saturated carbocycles. The van der Waals surface area contributed by atoms with Crippen LogP contribution in [0.5, 0.6) is 0 Å². The average molecular weight is 299 g/mol. The highest BCUT2D eigenvalue weighted by molar-refractivity contribution is 5.85. The van der Waals surface area contributed by atoms with E-state index in [0.717, 1.165) is 32.2 Å². The van der Waals surface area contributed by atoms with Crippen molar-refractivity contribution in [1.29, 1.82) is 0 Å². The second kappa shape index (κ2) is 10.7. The monoisotopic (exact) mass is 298 g/mol. The van der Waals surface area contributed by atoms with E-state index in [1.807, 2.05) is 30.1 Å². The predicted octanol–water partition coefficient (Wildman–Crippen LogP) is 3.54. The molecule has 1 aromatic rings. The fourth-order valence-electron chi connectivity index (χ4n) is 2.12. The molecule has 0 aromatic heterocycles. The SMILES string of the molecule is CC(c1ccccc1)N(C)C(=O)CCCCCCN.Cl. The van der Waals surface area contributed by atoms with Crippen LogP contribution in [-0.2, 0) is 4.79 Å². The summed E-state index contributed by atoms with van der Waals surface area (Å²) in [4.78, 5) is 13.9. The van der Waals surface area contributed by atoms with E-state index in [1.54, 1.807) is 0 Å². The summed E-state index contributed by atoms with van der Waals surface area (Å²) in [6, 6.07) is 10.3. The number of hydrogen-bond donors (Lipinski definition) is 1. The minimum absolute atomic E-state index is 0. The molecule has 4 heteroatoms. The zero-order chi connectivity index (χ0) is 14.1.